The Kier molecular flexibility index (Phi) is 12.7. The summed E-state index contributed by atoms with van der Waals surface area (Å²) in [6.45, 7) is 19.8. The van der Waals surface area contributed by atoms with E-state index in [0.29, 0.717) is 11.8 Å². The van der Waals surface area contributed by atoms with E-state index in [1.54, 1.807) is 0 Å². The van der Waals surface area contributed by atoms with Gasteiger partial charge in [-0.3, -0.25) is 0 Å². The van der Waals surface area contributed by atoms with Crippen LogP contribution in [-0.4, -0.2) is 13.1 Å². The van der Waals surface area contributed by atoms with Crippen molar-refractivity contribution in [2.24, 2.45) is 5.92 Å². The first-order chi connectivity index (χ1) is 29.6. The molecule has 3 nitrogen and oxygen atoms in total. The predicted octanol–water partition coefficient (Wildman–Crippen LogP) is 15.9. The second-order valence-electron chi connectivity index (χ2n) is 17.7. The maximum atomic E-state index is 8.55. The number of para-hydroxylation sites is 2. The zero-order valence-electron chi connectivity index (χ0n) is 38.7. The molecule has 3 heterocycles. The molecule has 2 aromatic heterocycles. The van der Waals surface area contributed by atoms with Gasteiger partial charge in [0.25, 0.3) is 0 Å². The molecule has 0 N–H and O–H groups in total. The smallest absolute Gasteiger partial charge is 0.661 e. The molecule has 310 valence electrons. The first-order valence-corrected chi connectivity index (χ1v) is 25.6. The molecular weight excluding hydrogens is 955 g/mol. The summed E-state index contributed by atoms with van der Waals surface area (Å²) in [5, 5.41) is 9.02. The average Bonchev–Trinajstić information content (AvgIpc) is 3.84. The Bertz CT molecular complexity index is 2820. The zero-order valence-corrected chi connectivity index (χ0v) is 40.9. The van der Waals surface area contributed by atoms with Gasteiger partial charge < -0.3 is 15.2 Å². The minimum atomic E-state index is -1.67. The van der Waals surface area contributed by atoms with Crippen molar-refractivity contribution >= 4 is 61.8 Å². The molecule has 61 heavy (non-hydrogen) atoms. The Morgan fingerprint density at radius 3 is 2.08 bits per heavy atom. The minimum Gasteiger partial charge on any atom is -0.661 e. The largest absolute Gasteiger partial charge is 3.00 e. The molecule has 0 spiro atoms. The van der Waals surface area contributed by atoms with E-state index in [0.717, 1.165) is 38.9 Å². The van der Waals surface area contributed by atoms with Crippen LogP contribution >= 0.6 is 11.3 Å². The van der Waals surface area contributed by atoms with Crippen molar-refractivity contribution in [1.82, 2.24) is 4.98 Å². The SMILES string of the molecule is CC(C)c1cc(-c2ccccc2)cc(C(C)C)c1N1c2ccccc2[N-]C1c1[c-]cc2sc3ccccc3c2c1.[2H]C([2H])(c1cc(-c2[c-]cccc2)ncc1[Si](C)(C)C)C(C)C.[Ir+3]. The number of hydrogen-bond acceptors (Lipinski definition) is 3. The fourth-order valence-corrected chi connectivity index (χ4v) is 10.7. The average molecular weight is 1010 g/mol. The number of fused-ring (bicyclic) bond motifs is 4. The Labute approximate surface area is 385 Å². The van der Waals surface area contributed by atoms with Gasteiger partial charge in [-0.25, -0.2) is 11.3 Å². The number of anilines is 2. The third-order valence-electron chi connectivity index (χ3n) is 11.2. The van der Waals surface area contributed by atoms with Crippen molar-refractivity contribution in [2.75, 3.05) is 4.90 Å². The van der Waals surface area contributed by atoms with E-state index >= 15 is 0 Å². The predicted molar refractivity (Wildman–Crippen MR) is 263 cm³/mol. The van der Waals surface area contributed by atoms with Crippen molar-refractivity contribution in [2.45, 2.75) is 85.6 Å². The van der Waals surface area contributed by atoms with Crippen molar-refractivity contribution in [3.63, 3.8) is 0 Å². The van der Waals surface area contributed by atoms with Crippen LogP contribution in [0.2, 0.25) is 19.6 Å². The molecule has 0 aliphatic carbocycles. The van der Waals surface area contributed by atoms with Crippen LogP contribution in [0.1, 0.15) is 84.5 Å². The van der Waals surface area contributed by atoms with Crippen LogP contribution in [0.25, 0.3) is 47.9 Å². The molecule has 1 aliphatic rings. The van der Waals surface area contributed by atoms with E-state index in [9.17, 15) is 0 Å². The molecule has 0 saturated carbocycles. The third-order valence-corrected chi connectivity index (χ3v) is 14.3. The van der Waals surface area contributed by atoms with Gasteiger partial charge in [0.1, 0.15) is 0 Å². The second kappa shape index (κ2) is 18.6. The molecule has 6 aromatic carbocycles. The standard InChI is InChI=1S/C37H32N2S.C18H24NSi.Ir/c1-23(2)29-21-27(25-12-6-5-7-13-25)22-30(24(3)4)36(29)39-33-16-10-9-15-32(33)38-37(39)26-18-19-35-31(20-26)28-14-8-11-17-34(28)40-35;1-14(2)11-16-12-17(15-9-7-6-8-10-15)19-13-18(16)20(3,4)5;/h5-17,19-24,37H,1-4H3;6-9,12-14H,11H2,1-5H3;/q-2;-1;+3/i;11D2;. The van der Waals surface area contributed by atoms with Gasteiger partial charge in [-0.05, 0) is 93.1 Å². The molecule has 1 atom stereocenters. The quantitative estimate of drug-likeness (QED) is 0.107. The molecule has 8 aromatic rings. The van der Waals surface area contributed by atoms with E-state index in [1.165, 1.54) is 48.1 Å². The van der Waals surface area contributed by atoms with E-state index in [-0.39, 0.29) is 32.2 Å². The van der Waals surface area contributed by atoms with Gasteiger partial charge >= 0.3 is 20.1 Å². The number of hydrogen-bond donors (Lipinski definition) is 0. The van der Waals surface area contributed by atoms with Crippen LogP contribution in [-0.2, 0) is 26.5 Å². The summed E-state index contributed by atoms with van der Waals surface area (Å²) in [6.07, 6.45) is 0.345. The van der Waals surface area contributed by atoms with E-state index < -0.39 is 14.4 Å². The van der Waals surface area contributed by atoms with Crippen LogP contribution in [0.15, 0.2) is 140 Å². The molecule has 1 aliphatic heterocycles. The number of aromatic nitrogens is 1. The van der Waals surface area contributed by atoms with Gasteiger partial charge in [-0.1, -0.05) is 144 Å². The summed E-state index contributed by atoms with van der Waals surface area (Å²) in [5.74, 6) is 0.603. The van der Waals surface area contributed by atoms with Crippen LogP contribution < -0.4 is 10.1 Å². The maximum Gasteiger partial charge on any atom is 3.00 e. The van der Waals surface area contributed by atoms with E-state index in [1.807, 2.05) is 61.7 Å². The fourth-order valence-electron chi connectivity index (χ4n) is 8.20. The molecule has 0 bridgehead atoms. The normalized spacial score (nSPS) is 14.4. The Balaban J connectivity index is 0.000000221. The molecule has 0 amide bonds. The number of benzene rings is 6. The van der Waals surface area contributed by atoms with Gasteiger partial charge in [0.05, 0.1) is 8.07 Å². The van der Waals surface area contributed by atoms with Crippen molar-refractivity contribution in [1.29, 1.82) is 0 Å². The molecule has 0 radical (unpaired) electrons. The van der Waals surface area contributed by atoms with Gasteiger partial charge in [-0.15, -0.1) is 47.0 Å². The van der Waals surface area contributed by atoms with Crippen LogP contribution in [0.5, 0.6) is 0 Å². The maximum absolute atomic E-state index is 8.55. The molecule has 0 fully saturated rings. The fraction of sp³-hybridized carbons (Fsp3) is 0.255. The zero-order chi connectivity index (χ0) is 43.9. The second-order valence-corrected chi connectivity index (χ2v) is 23.9. The van der Waals surface area contributed by atoms with Gasteiger partial charge in [0, 0.05) is 25.0 Å². The minimum absolute atomic E-state index is 0. The molecule has 9 rings (SSSR count). The summed E-state index contributed by atoms with van der Waals surface area (Å²) in [6, 6.07) is 53.8. The van der Waals surface area contributed by atoms with E-state index in [2.05, 4.69) is 172 Å². The van der Waals surface area contributed by atoms with Gasteiger partial charge in [-0.2, -0.15) is 23.8 Å². The third kappa shape index (κ3) is 9.34. The molecule has 6 heteroatoms. The van der Waals surface area contributed by atoms with Crippen molar-refractivity contribution in [3.05, 3.63) is 179 Å². The van der Waals surface area contributed by atoms with Gasteiger partial charge in [0.2, 0.25) is 0 Å². The van der Waals surface area contributed by atoms with Gasteiger partial charge in [0.15, 0.2) is 0 Å². The molecule has 1 unspecified atom stereocenters. The van der Waals surface area contributed by atoms with Crippen molar-refractivity contribution < 1.29 is 22.8 Å². The van der Waals surface area contributed by atoms with Crippen molar-refractivity contribution in [3.8, 4) is 22.4 Å². The summed E-state index contributed by atoms with van der Waals surface area (Å²) in [7, 11) is -1.67. The molecule has 0 saturated heterocycles. The number of pyridine rings is 1. The van der Waals surface area contributed by atoms with Crippen LogP contribution in [0.4, 0.5) is 17.1 Å². The number of thiophene rings is 1. The first kappa shape index (κ1) is 41.5. The number of nitrogens with zero attached hydrogens (tertiary/aromatic N) is 3. The van der Waals surface area contributed by atoms with Crippen LogP contribution in [0, 0.1) is 18.1 Å². The summed E-state index contributed by atoms with van der Waals surface area (Å²) < 4.78 is 19.7. The monoisotopic (exact) mass is 1010 g/mol. The summed E-state index contributed by atoms with van der Waals surface area (Å²) >= 11 is 1.83. The topological polar surface area (TPSA) is 30.2 Å². The van der Waals surface area contributed by atoms with E-state index in [4.69, 9.17) is 8.06 Å². The number of rotatable bonds is 9. The Morgan fingerprint density at radius 2 is 1.41 bits per heavy atom. The van der Waals surface area contributed by atoms with Crippen LogP contribution in [0.3, 0.4) is 0 Å². The Morgan fingerprint density at radius 1 is 0.738 bits per heavy atom. The summed E-state index contributed by atoms with van der Waals surface area (Å²) in [4.78, 5) is 7.07. The first-order valence-electron chi connectivity index (χ1n) is 22.3. The molecular formula is C55H56IrN3SSi. The summed E-state index contributed by atoms with van der Waals surface area (Å²) in [5.41, 5.74) is 12.3. The Hall–Kier alpha value is -4.84.